The maximum atomic E-state index is 12.2. The van der Waals surface area contributed by atoms with Gasteiger partial charge in [0.05, 0.1) is 11.6 Å². The minimum Gasteiger partial charge on any atom is -0.387 e. The van der Waals surface area contributed by atoms with Crippen molar-refractivity contribution < 1.29 is 4.79 Å². The third kappa shape index (κ3) is 3.10. The van der Waals surface area contributed by atoms with Crippen molar-refractivity contribution in [1.29, 1.82) is 0 Å². The van der Waals surface area contributed by atoms with E-state index < -0.39 is 0 Å². The number of aromatic nitrogens is 1. The van der Waals surface area contributed by atoms with E-state index in [2.05, 4.69) is 15.6 Å². The van der Waals surface area contributed by atoms with Crippen molar-refractivity contribution in [3.8, 4) is 0 Å². The normalized spacial score (nSPS) is 11.7. The van der Waals surface area contributed by atoms with Gasteiger partial charge in [-0.15, -0.1) is 0 Å². The predicted molar refractivity (Wildman–Crippen MR) is 76.1 cm³/mol. The van der Waals surface area contributed by atoms with Gasteiger partial charge < -0.3 is 10.6 Å². The third-order valence-corrected chi connectivity index (χ3v) is 2.97. The molecule has 1 aromatic carbocycles. The van der Waals surface area contributed by atoms with Gasteiger partial charge in [0.15, 0.2) is 0 Å². The van der Waals surface area contributed by atoms with Gasteiger partial charge in [0, 0.05) is 25.1 Å². The molecule has 0 radical (unpaired) electrons. The van der Waals surface area contributed by atoms with Crippen LogP contribution in [0.3, 0.4) is 0 Å². The summed E-state index contributed by atoms with van der Waals surface area (Å²) in [5.41, 5.74) is 2.44. The average molecular weight is 255 g/mol. The maximum Gasteiger partial charge on any atom is 0.253 e. The van der Waals surface area contributed by atoms with E-state index >= 15 is 0 Å². The van der Waals surface area contributed by atoms with E-state index in [1.54, 1.807) is 25.5 Å². The van der Waals surface area contributed by atoms with Crippen LogP contribution in [-0.4, -0.2) is 17.9 Å². The summed E-state index contributed by atoms with van der Waals surface area (Å²) >= 11 is 0. The van der Waals surface area contributed by atoms with Crippen LogP contribution in [0.5, 0.6) is 0 Å². The van der Waals surface area contributed by atoms with E-state index in [0.717, 1.165) is 11.3 Å². The lowest BCUT2D eigenvalue weighted by Crippen LogP contribution is -2.27. The van der Waals surface area contributed by atoms with Gasteiger partial charge in [-0.2, -0.15) is 0 Å². The van der Waals surface area contributed by atoms with Crippen LogP contribution in [0.25, 0.3) is 0 Å². The highest BCUT2D eigenvalue weighted by Gasteiger charge is 2.13. The first-order valence-corrected chi connectivity index (χ1v) is 6.20. The number of rotatable bonds is 4. The van der Waals surface area contributed by atoms with Gasteiger partial charge in [0.25, 0.3) is 5.91 Å². The highest BCUT2D eigenvalue weighted by molar-refractivity contribution is 5.99. The SMILES string of the molecule is CNc1ccccc1C(=O)N[C@@H](C)c1cccnc1. The predicted octanol–water partition coefficient (Wildman–Crippen LogP) is 2.61. The Morgan fingerprint density at radius 1 is 1.21 bits per heavy atom. The summed E-state index contributed by atoms with van der Waals surface area (Å²) in [6.07, 6.45) is 3.48. The van der Waals surface area contributed by atoms with Crippen LogP contribution < -0.4 is 10.6 Å². The molecule has 0 aliphatic carbocycles. The van der Waals surface area contributed by atoms with E-state index in [-0.39, 0.29) is 11.9 Å². The molecule has 0 aliphatic heterocycles. The van der Waals surface area contributed by atoms with Crippen LogP contribution >= 0.6 is 0 Å². The third-order valence-electron chi connectivity index (χ3n) is 2.97. The van der Waals surface area contributed by atoms with Gasteiger partial charge >= 0.3 is 0 Å². The van der Waals surface area contributed by atoms with Crippen LogP contribution in [0.2, 0.25) is 0 Å². The molecule has 2 N–H and O–H groups in total. The van der Waals surface area contributed by atoms with Crippen LogP contribution in [-0.2, 0) is 0 Å². The van der Waals surface area contributed by atoms with Crippen LogP contribution in [0.15, 0.2) is 48.8 Å². The number of para-hydroxylation sites is 1. The minimum atomic E-state index is -0.0960. The Labute approximate surface area is 112 Å². The topological polar surface area (TPSA) is 54.0 Å². The molecule has 0 spiro atoms. The molecule has 4 nitrogen and oxygen atoms in total. The Hall–Kier alpha value is -2.36. The van der Waals surface area contributed by atoms with Gasteiger partial charge in [0.2, 0.25) is 0 Å². The van der Waals surface area contributed by atoms with Gasteiger partial charge in [-0.3, -0.25) is 9.78 Å². The Morgan fingerprint density at radius 3 is 2.68 bits per heavy atom. The van der Waals surface area contributed by atoms with Crippen LogP contribution in [0.1, 0.15) is 28.9 Å². The molecule has 0 bridgehead atoms. The first kappa shape index (κ1) is 13.1. The lowest BCUT2D eigenvalue weighted by molar-refractivity contribution is 0.0940. The van der Waals surface area contributed by atoms with Gasteiger partial charge in [-0.25, -0.2) is 0 Å². The summed E-state index contributed by atoms with van der Waals surface area (Å²) in [5, 5.41) is 5.98. The number of hydrogen-bond acceptors (Lipinski definition) is 3. The molecule has 0 fully saturated rings. The van der Waals surface area contributed by atoms with Crippen molar-refractivity contribution >= 4 is 11.6 Å². The monoisotopic (exact) mass is 255 g/mol. The van der Waals surface area contributed by atoms with Crippen molar-refractivity contribution in [3.63, 3.8) is 0 Å². The van der Waals surface area contributed by atoms with Crippen molar-refractivity contribution in [2.45, 2.75) is 13.0 Å². The maximum absolute atomic E-state index is 12.2. The number of benzene rings is 1. The Balaban J connectivity index is 2.13. The zero-order valence-corrected chi connectivity index (χ0v) is 11.1. The number of anilines is 1. The zero-order chi connectivity index (χ0) is 13.7. The molecule has 98 valence electrons. The molecule has 0 unspecified atom stereocenters. The fraction of sp³-hybridized carbons (Fsp3) is 0.200. The van der Waals surface area contributed by atoms with E-state index in [1.807, 2.05) is 37.3 Å². The summed E-state index contributed by atoms with van der Waals surface area (Å²) in [7, 11) is 1.80. The number of pyridine rings is 1. The molecule has 0 aliphatic rings. The molecule has 19 heavy (non-hydrogen) atoms. The fourth-order valence-electron chi connectivity index (χ4n) is 1.89. The standard InChI is InChI=1S/C15H17N3O/c1-11(12-6-5-9-17-10-12)18-15(19)13-7-3-4-8-14(13)16-2/h3-11,16H,1-2H3,(H,18,19)/t11-/m0/s1. The molecule has 0 saturated heterocycles. The van der Waals surface area contributed by atoms with Gasteiger partial charge in [0.1, 0.15) is 0 Å². The molecule has 1 atom stereocenters. The van der Waals surface area contributed by atoms with E-state index in [0.29, 0.717) is 5.56 Å². The summed E-state index contributed by atoms with van der Waals surface area (Å²) in [4.78, 5) is 16.3. The first-order valence-electron chi connectivity index (χ1n) is 6.20. The van der Waals surface area contributed by atoms with Crippen LogP contribution in [0, 0.1) is 0 Å². The quantitative estimate of drug-likeness (QED) is 0.883. The molecule has 1 amide bonds. The number of nitrogens with zero attached hydrogens (tertiary/aromatic N) is 1. The second-order valence-electron chi connectivity index (χ2n) is 4.28. The van der Waals surface area contributed by atoms with Gasteiger partial charge in [-0.1, -0.05) is 18.2 Å². The highest BCUT2D eigenvalue weighted by Crippen LogP contribution is 2.16. The summed E-state index contributed by atoms with van der Waals surface area (Å²) in [6, 6.07) is 11.2. The molecule has 2 aromatic rings. The largest absolute Gasteiger partial charge is 0.387 e. The summed E-state index contributed by atoms with van der Waals surface area (Å²) in [6.45, 7) is 1.94. The Morgan fingerprint density at radius 2 is 2.00 bits per heavy atom. The van der Waals surface area contributed by atoms with E-state index in [4.69, 9.17) is 0 Å². The lowest BCUT2D eigenvalue weighted by atomic mass is 10.1. The summed E-state index contributed by atoms with van der Waals surface area (Å²) < 4.78 is 0. The zero-order valence-electron chi connectivity index (χ0n) is 11.1. The molecule has 1 aromatic heterocycles. The second kappa shape index (κ2) is 6.00. The van der Waals surface area contributed by atoms with Crippen LogP contribution in [0.4, 0.5) is 5.69 Å². The van der Waals surface area contributed by atoms with Crippen molar-refractivity contribution in [1.82, 2.24) is 10.3 Å². The molecule has 1 heterocycles. The molecular weight excluding hydrogens is 238 g/mol. The fourth-order valence-corrected chi connectivity index (χ4v) is 1.89. The number of amides is 1. The summed E-state index contributed by atoms with van der Waals surface area (Å²) in [5.74, 6) is -0.0960. The lowest BCUT2D eigenvalue weighted by Gasteiger charge is -2.15. The molecule has 4 heteroatoms. The average Bonchev–Trinajstić information content (AvgIpc) is 2.48. The van der Waals surface area contributed by atoms with Crippen molar-refractivity contribution in [2.75, 3.05) is 12.4 Å². The smallest absolute Gasteiger partial charge is 0.253 e. The van der Waals surface area contributed by atoms with E-state index in [1.165, 1.54) is 0 Å². The number of hydrogen-bond donors (Lipinski definition) is 2. The molecule has 2 rings (SSSR count). The minimum absolute atomic E-state index is 0.0777. The number of nitrogens with one attached hydrogen (secondary N) is 2. The number of carbonyl (C=O) groups is 1. The number of carbonyl (C=O) groups excluding carboxylic acids is 1. The molecule has 0 saturated carbocycles. The second-order valence-corrected chi connectivity index (χ2v) is 4.28. The first-order chi connectivity index (χ1) is 9.22. The van der Waals surface area contributed by atoms with E-state index in [9.17, 15) is 4.79 Å². The molecular formula is C15H17N3O. The Bertz CT molecular complexity index is 554. The van der Waals surface area contributed by atoms with Crippen molar-refractivity contribution in [2.24, 2.45) is 0 Å². The van der Waals surface area contributed by atoms with Gasteiger partial charge in [-0.05, 0) is 30.7 Å². The highest BCUT2D eigenvalue weighted by atomic mass is 16.1. The van der Waals surface area contributed by atoms with Crippen molar-refractivity contribution in [3.05, 3.63) is 59.9 Å². The Kier molecular flexibility index (Phi) is 4.13.